The van der Waals surface area contributed by atoms with E-state index in [9.17, 15) is 4.79 Å². The Morgan fingerprint density at radius 1 is 1.13 bits per heavy atom. The van der Waals surface area contributed by atoms with E-state index in [4.69, 9.17) is 14.0 Å². The van der Waals surface area contributed by atoms with Gasteiger partial charge >= 0.3 is 7.12 Å². The molecule has 0 saturated carbocycles. The lowest BCUT2D eigenvalue weighted by Crippen LogP contribution is -2.41. The molecule has 0 amide bonds. The molecule has 0 bridgehead atoms. The van der Waals surface area contributed by atoms with Gasteiger partial charge in [-0.25, -0.2) is 0 Å². The van der Waals surface area contributed by atoms with Gasteiger partial charge in [0.25, 0.3) is 5.56 Å². The number of hydrogen-bond donors (Lipinski definition) is 0. The van der Waals surface area contributed by atoms with Crippen LogP contribution in [-0.4, -0.2) is 30.0 Å². The SMILES string of the molecule is COc1cc2c(=O)n(C)ccc2cc1B1OC(C)(C)C(C)(C)O1. The maximum absolute atomic E-state index is 12.3. The quantitative estimate of drug-likeness (QED) is 0.794. The minimum atomic E-state index is -0.525. The zero-order valence-corrected chi connectivity index (χ0v) is 14.5. The minimum Gasteiger partial charge on any atom is -0.497 e. The van der Waals surface area contributed by atoms with Crippen molar-refractivity contribution >= 4 is 23.4 Å². The van der Waals surface area contributed by atoms with Gasteiger partial charge in [0.05, 0.1) is 23.7 Å². The van der Waals surface area contributed by atoms with Crippen LogP contribution in [0.2, 0.25) is 0 Å². The Morgan fingerprint density at radius 3 is 2.30 bits per heavy atom. The normalized spacial score (nSPS) is 19.3. The first kappa shape index (κ1) is 16.1. The third kappa shape index (κ3) is 2.46. The zero-order valence-electron chi connectivity index (χ0n) is 14.5. The Kier molecular flexibility index (Phi) is 3.57. The van der Waals surface area contributed by atoms with Crippen molar-refractivity contribution in [1.82, 2.24) is 4.57 Å². The second-order valence-electron chi connectivity index (χ2n) is 7.00. The molecule has 0 atom stereocenters. The maximum Gasteiger partial charge on any atom is 0.498 e. The van der Waals surface area contributed by atoms with Crippen LogP contribution in [0.5, 0.6) is 5.75 Å². The van der Waals surface area contributed by atoms with Gasteiger partial charge in [-0.3, -0.25) is 4.79 Å². The molecule has 0 unspecified atom stereocenters. The van der Waals surface area contributed by atoms with E-state index >= 15 is 0 Å². The van der Waals surface area contributed by atoms with Crippen LogP contribution in [0.1, 0.15) is 27.7 Å². The molecule has 1 aromatic heterocycles. The third-order valence-electron chi connectivity index (χ3n) is 4.94. The highest BCUT2D eigenvalue weighted by Crippen LogP contribution is 2.37. The topological polar surface area (TPSA) is 49.7 Å². The number of nitrogens with zero attached hydrogens (tertiary/aromatic N) is 1. The highest BCUT2D eigenvalue weighted by molar-refractivity contribution is 6.63. The standard InChI is InChI=1S/C17H22BNO4/c1-16(2)17(3,4)23-18(22-16)13-9-11-7-8-19(5)15(20)12(11)10-14(13)21-6/h7-10H,1-6H3. The Hall–Kier alpha value is -1.79. The summed E-state index contributed by atoms with van der Waals surface area (Å²) in [6.45, 7) is 8.04. The molecule has 0 radical (unpaired) electrons. The molecule has 1 aromatic carbocycles. The molecule has 1 saturated heterocycles. The average molecular weight is 315 g/mol. The van der Waals surface area contributed by atoms with Crippen molar-refractivity contribution in [3.8, 4) is 5.75 Å². The van der Waals surface area contributed by atoms with Gasteiger partial charge < -0.3 is 18.6 Å². The fraction of sp³-hybridized carbons (Fsp3) is 0.471. The summed E-state index contributed by atoms with van der Waals surface area (Å²) in [5.41, 5.74) is -0.109. The minimum absolute atomic E-state index is 0.0544. The van der Waals surface area contributed by atoms with Gasteiger partial charge in [0.15, 0.2) is 0 Å². The van der Waals surface area contributed by atoms with Crippen molar-refractivity contribution in [3.05, 3.63) is 34.7 Å². The molecular formula is C17H22BNO4. The zero-order chi connectivity index (χ0) is 17.0. The van der Waals surface area contributed by atoms with Crippen LogP contribution in [0, 0.1) is 0 Å². The van der Waals surface area contributed by atoms with Crippen LogP contribution in [0.4, 0.5) is 0 Å². The summed E-state index contributed by atoms with van der Waals surface area (Å²) in [6.07, 6.45) is 1.76. The van der Waals surface area contributed by atoms with E-state index in [-0.39, 0.29) is 5.56 Å². The Morgan fingerprint density at radius 2 is 1.74 bits per heavy atom. The summed E-state index contributed by atoms with van der Waals surface area (Å²) in [4.78, 5) is 12.3. The number of rotatable bonds is 2. The van der Waals surface area contributed by atoms with Crippen LogP contribution in [0.3, 0.4) is 0 Å². The first-order valence-corrected chi connectivity index (χ1v) is 7.69. The number of methoxy groups -OCH3 is 1. The van der Waals surface area contributed by atoms with Gasteiger partial charge in [0.2, 0.25) is 0 Å². The molecule has 6 heteroatoms. The van der Waals surface area contributed by atoms with Crippen molar-refractivity contribution in [2.24, 2.45) is 7.05 Å². The molecule has 1 aliphatic rings. The number of ether oxygens (including phenoxy) is 1. The van der Waals surface area contributed by atoms with E-state index in [1.807, 2.05) is 39.8 Å². The molecule has 0 aliphatic carbocycles. The Bertz CT molecular complexity index is 809. The van der Waals surface area contributed by atoms with E-state index in [2.05, 4.69) is 0 Å². The molecule has 5 nitrogen and oxygen atoms in total. The Balaban J connectivity index is 2.15. The lowest BCUT2D eigenvalue weighted by molar-refractivity contribution is 0.00578. The van der Waals surface area contributed by atoms with Gasteiger partial charge in [-0.15, -0.1) is 0 Å². The fourth-order valence-corrected chi connectivity index (χ4v) is 2.72. The monoisotopic (exact) mass is 315 g/mol. The summed E-state index contributed by atoms with van der Waals surface area (Å²) < 4.78 is 19.3. The van der Waals surface area contributed by atoms with Gasteiger partial charge in [-0.1, -0.05) is 6.07 Å². The first-order chi connectivity index (χ1) is 10.7. The second-order valence-corrected chi connectivity index (χ2v) is 7.00. The smallest absolute Gasteiger partial charge is 0.497 e. The van der Waals surface area contributed by atoms with Crippen LogP contribution in [0.25, 0.3) is 10.8 Å². The van der Waals surface area contributed by atoms with E-state index in [0.29, 0.717) is 11.1 Å². The van der Waals surface area contributed by atoms with Crippen molar-refractivity contribution in [1.29, 1.82) is 0 Å². The van der Waals surface area contributed by atoms with E-state index < -0.39 is 18.3 Å². The number of fused-ring (bicyclic) bond motifs is 1. The van der Waals surface area contributed by atoms with Crippen molar-refractivity contribution in [3.63, 3.8) is 0 Å². The predicted molar refractivity (Wildman–Crippen MR) is 91.5 cm³/mol. The number of benzene rings is 1. The van der Waals surface area contributed by atoms with Crippen LogP contribution >= 0.6 is 0 Å². The van der Waals surface area contributed by atoms with Crippen LogP contribution < -0.4 is 15.8 Å². The molecule has 23 heavy (non-hydrogen) atoms. The molecule has 2 heterocycles. The molecule has 1 fully saturated rings. The summed E-state index contributed by atoms with van der Waals surface area (Å²) in [6, 6.07) is 5.58. The van der Waals surface area contributed by atoms with E-state index in [1.165, 1.54) is 0 Å². The lowest BCUT2D eigenvalue weighted by atomic mass is 9.77. The third-order valence-corrected chi connectivity index (χ3v) is 4.94. The van der Waals surface area contributed by atoms with E-state index in [1.54, 1.807) is 31.0 Å². The fourth-order valence-electron chi connectivity index (χ4n) is 2.72. The summed E-state index contributed by atoms with van der Waals surface area (Å²) >= 11 is 0. The molecule has 0 spiro atoms. The van der Waals surface area contributed by atoms with Crippen LogP contribution in [-0.2, 0) is 16.4 Å². The predicted octanol–water partition coefficient (Wildman–Crippen LogP) is 1.85. The molecule has 1 aliphatic heterocycles. The highest BCUT2D eigenvalue weighted by atomic mass is 16.7. The number of aromatic nitrogens is 1. The summed E-state index contributed by atoms with van der Waals surface area (Å²) in [5.74, 6) is 0.597. The van der Waals surface area contributed by atoms with Crippen molar-refractivity contribution in [2.45, 2.75) is 38.9 Å². The summed E-state index contributed by atoms with van der Waals surface area (Å²) in [5, 5.41) is 1.46. The maximum atomic E-state index is 12.3. The van der Waals surface area contributed by atoms with Gasteiger partial charge in [0.1, 0.15) is 5.75 Å². The summed E-state index contributed by atoms with van der Waals surface area (Å²) in [7, 11) is 2.79. The first-order valence-electron chi connectivity index (χ1n) is 7.69. The average Bonchev–Trinajstić information content (AvgIpc) is 2.70. The Labute approximate surface area is 136 Å². The molecule has 2 aromatic rings. The number of hydrogen-bond acceptors (Lipinski definition) is 4. The molecule has 122 valence electrons. The van der Waals surface area contributed by atoms with Crippen molar-refractivity contribution < 1.29 is 14.0 Å². The second kappa shape index (κ2) is 5.11. The molecule has 0 N–H and O–H groups in total. The highest BCUT2D eigenvalue weighted by Gasteiger charge is 2.52. The number of pyridine rings is 1. The van der Waals surface area contributed by atoms with Crippen LogP contribution in [0.15, 0.2) is 29.2 Å². The van der Waals surface area contributed by atoms with Crippen molar-refractivity contribution in [2.75, 3.05) is 7.11 Å². The van der Waals surface area contributed by atoms with Gasteiger partial charge in [-0.2, -0.15) is 0 Å². The van der Waals surface area contributed by atoms with Gasteiger partial charge in [-0.05, 0) is 45.2 Å². The lowest BCUT2D eigenvalue weighted by Gasteiger charge is -2.32. The largest absolute Gasteiger partial charge is 0.498 e. The molecular weight excluding hydrogens is 293 g/mol. The van der Waals surface area contributed by atoms with Gasteiger partial charge in [0, 0.05) is 18.7 Å². The van der Waals surface area contributed by atoms with E-state index in [0.717, 1.165) is 10.8 Å². The number of aryl methyl sites for hydroxylation is 1. The molecule has 3 rings (SSSR count).